The Balaban J connectivity index is 1.36. The van der Waals surface area contributed by atoms with Crippen molar-refractivity contribution in [3.05, 3.63) is 65.2 Å². The monoisotopic (exact) mass is 537 g/mol. The van der Waals surface area contributed by atoms with E-state index in [1.54, 1.807) is 35.5 Å². The Morgan fingerprint density at radius 2 is 2.08 bits per heavy atom. The Hall–Kier alpha value is -3.59. The molecule has 4 heterocycles. The van der Waals surface area contributed by atoms with Crippen LogP contribution in [0.1, 0.15) is 49.2 Å². The zero-order valence-corrected chi connectivity index (χ0v) is 22.4. The van der Waals surface area contributed by atoms with Crippen LogP contribution < -0.4 is 10.1 Å². The molecule has 5 rings (SSSR count). The van der Waals surface area contributed by atoms with Crippen LogP contribution in [0.15, 0.2) is 48.9 Å². The number of aromatic nitrogens is 3. The summed E-state index contributed by atoms with van der Waals surface area (Å²) in [6.45, 7) is 6.50. The number of halogens is 1. The Bertz CT molecular complexity index is 1290. The number of ether oxygens (including phenoxy) is 2. The zero-order chi connectivity index (χ0) is 26.6. The van der Waals surface area contributed by atoms with Crippen LogP contribution in [0.5, 0.6) is 5.75 Å². The second-order valence-corrected chi connectivity index (χ2v) is 10.7. The van der Waals surface area contributed by atoms with E-state index in [2.05, 4.69) is 29.2 Å². The van der Waals surface area contributed by atoms with Crippen LogP contribution in [0, 0.1) is 5.92 Å². The van der Waals surface area contributed by atoms with Crippen molar-refractivity contribution >= 4 is 23.6 Å². The molecular formula is C28H32ClN5O4. The van der Waals surface area contributed by atoms with Gasteiger partial charge in [0.05, 0.1) is 12.2 Å². The van der Waals surface area contributed by atoms with Crippen molar-refractivity contribution in [1.29, 1.82) is 0 Å². The Morgan fingerprint density at radius 1 is 1.26 bits per heavy atom. The number of hydrogen-bond donors (Lipinski definition) is 1. The minimum Gasteiger partial charge on any atom is -0.489 e. The number of hydrogen-bond acceptors (Lipinski definition) is 6. The molecule has 0 aliphatic carbocycles. The largest absolute Gasteiger partial charge is 0.489 e. The van der Waals surface area contributed by atoms with Crippen molar-refractivity contribution in [1.82, 2.24) is 25.0 Å². The van der Waals surface area contributed by atoms with Crippen molar-refractivity contribution in [3.8, 4) is 16.9 Å². The number of aryl methyl sites for hydroxylation is 1. The molecule has 0 radical (unpaired) electrons. The van der Waals surface area contributed by atoms with E-state index < -0.39 is 0 Å². The van der Waals surface area contributed by atoms with E-state index >= 15 is 0 Å². The van der Waals surface area contributed by atoms with Gasteiger partial charge in [0.2, 0.25) is 0 Å². The first-order valence-electron chi connectivity index (χ1n) is 13.0. The number of carbonyl (C=O) groups excluding carboxylic acids is 2. The molecule has 0 saturated carbocycles. The number of pyridine rings is 1. The van der Waals surface area contributed by atoms with Crippen molar-refractivity contribution < 1.29 is 19.1 Å². The number of nitrogens with one attached hydrogen (secondary N) is 1. The lowest BCUT2D eigenvalue weighted by molar-refractivity contribution is 0.0915. The lowest BCUT2D eigenvalue weighted by atomic mass is 10.0. The molecule has 2 saturated heterocycles. The van der Waals surface area contributed by atoms with Crippen LogP contribution in [-0.4, -0.2) is 57.0 Å². The fourth-order valence-electron chi connectivity index (χ4n) is 4.72. The summed E-state index contributed by atoms with van der Waals surface area (Å²) >= 11 is 5.96. The molecule has 0 bridgehead atoms. The maximum Gasteiger partial charge on any atom is 0.410 e. The molecule has 1 aromatic carbocycles. The summed E-state index contributed by atoms with van der Waals surface area (Å²) in [5.41, 5.74) is 2.85. The topological polar surface area (TPSA) is 98.6 Å². The predicted molar refractivity (Wildman–Crippen MR) is 143 cm³/mol. The van der Waals surface area contributed by atoms with Crippen LogP contribution in [0.3, 0.4) is 0 Å². The highest BCUT2D eigenvalue weighted by Gasteiger charge is 2.39. The van der Waals surface area contributed by atoms with Gasteiger partial charge in [-0.3, -0.25) is 14.5 Å². The summed E-state index contributed by atoms with van der Waals surface area (Å²) in [4.78, 5) is 31.1. The molecule has 2 aromatic heterocycles. The Kier molecular flexibility index (Phi) is 7.83. The van der Waals surface area contributed by atoms with Gasteiger partial charge in [-0.1, -0.05) is 37.6 Å². The van der Waals surface area contributed by atoms with Crippen molar-refractivity contribution in [2.24, 2.45) is 5.92 Å². The third-order valence-corrected chi connectivity index (χ3v) is 7.19. The lowest BCUT2D eigenvalue weighted by Crippen LogP contribution is -2.44. The van der Waals surface area contributed by atoms with Crippen LogP contribution in [0.2, 0.25) is 5.02 Å². The van der Waals surface area contributed by atoms with Crippen LogP contribution in [0.25, 0.3) is 11.1 Å². The minimum absolute atomic E-state index is 0.00691. The standard InChI is InChI=1S/C28H32ClN5O4/c1-18(2)7-9-33-16-20(14-32-33)24-15-30-25(27(35)31-13-19-3-5-21(29)6-4-19)12-26(24)38-23-8-10-34-22(11-23)17-37-28(34)36/h3-6,12,14-16,18,22-23H,7-11,13,17H2,1-2H3,(H,31,35)/t22-,23-/m0/s1. The molecule has 1 N–H and O–H groups in total. The van der Waals surface area contributed by atoms with Crippen molar-refractivity contribution in [2.45, 2.75) is 58.3 Å². The van der Waals surface area contributed by atoms with Crippen molar-refractivity contribution in [2.75, 3.05) is 13.2 Å². The smallest absolute Gasteiger partial charge is 0.410 e. The molecular weight excluding hydrogens is 506 g/mol. The number of carbonyl (C=O) groups is 2. The average Bonchev–Trinajstić information content (AvgIpc) is 3.53. The molecule has 2 aliphatic rings. The van der Waals surface area contributed by atoms with Gasteiger partial charge in [-0.05, 0) is 30.0 Å². The molecule has 10 heteroatoms. The maximum atomic E-state index is 13.0. The normalized spacial score (nSPS) is 18.8. The number of fused-ring (bicyclic) bond motifs is 1. The molecule has 9 nitrogen and oxygen atoms in total. The Labute approximate surface area is 227 Å². The summed E-state index contributed by atoms with van der Waals surface area (Å²) in [6, 6.07) is 9.02. The molecule has 2 atom stereocenters. The SMILES string of the molecule is CC(C)CCn1cc(-c2cnc(C(=O)NCc3ccc(Cl)cc3)cc2O[C@H]2CCN3C(=O)OC[C@@H]3C2)cn1. The second kappa shape index (κ2) is 11.4. The number of piperidine rings is 1. The lowest BCUT2D eigenvalue weighted by Gasteiger charge is -2.32. The van der Waals surface area contributed by atoms with E-state index in [1.165, 1.54) is 0 Å². The molecule has 38 heavy (non-hydrogen) atoms. The van der Waals surface area contributed by atoms with Gasteiger partial charge in [0.15, 0.2) is 0 Å². The van der Waals surface area contributed by atoms with E-state index in [0.717, 1.165) is 29.7 Å². The number of benzene rings is 1. The van der Waals surface area contributed by atoms with Crippen LogP contribution >= 0.6 is 11.6 Å². The van der Waals surface area contributed by atoms with Gasteiger partial charge < -0.3 is 19.7 Å². The first-order chi connectivity index (χ1) is 18.4. The van der Waals surface area contributed by atoms with Crippen LogP contribution in [-0.2, 0) is 17.8 Å². The number of nitrogens with zero attached hydrogens (tertiary/aromatic N) is 4. The number of rotatable bonds is 9. The summed E-state index contributed by atoms with van der Waals surface area (Å²) in [5.74, 6) is 0.850. The molecule has 200 valence electrons. The molecule has 0 spiro atoms. The fourth-order valence-corrected chi connectivity index (χ4v) is 4.84. The van der Waals surface area contributed by atoms with Crippen molar-refractivity contribution in [3.63, 3.8) is 0 Å². The fraction of sp³-hybridized carbons (Fsp3) is 0.429. The average molecular weight is 538 g/mol. The third kappa shape index (κ3) is 6.10. The van der Waals surface area contributed by atoms with E-state index in [-0.39, 0.29) is 29.8 Å². The summed E-state index contributed by atoms with van der Waals surface area (Å²) < 4.78 is 13.6. The highest BCUT2D eigenvalue weighted by Crippen LogP contribution is 2.34. The van der Waals surface area contributed by atoms with Gasteiger partial charge in [-0.2, -0.15) is 5.10 Å². The maximum absolute atomic E-state index is 13.0. The first-order valence-corrected chi connectivity index (χ1v) is 13.4. The quantitative estimate of drug-likeness (QED) is 0.415. The number of cyclic esters (lactones) is 1. The van der Waals surface area contributed by atoms with Gasteiger partial charge in [-0.25, -0.2) is 4.79 Å². The summed E-state index contributed by atoms with van der Waals surface area (Å²) in [6.07, 6.45) is 7.46. The molecule has 2 aliphatic heterocycles. The molecule has 0 unspecified atom stereocenters. The zero-order valence-electron chi connectivity index (χ0n) is 21.6. The van der Waals surface area contributed by atoms with E-state index in [4.69, 9.17) is 21.1 Å². The highest BCUT2D eigenvalue weighted by atomic mass is 35.5. The predicted octanol–water partition coefficient (Wildman–Crippen LogP) is 4.94. The second-order valence-electron chi connectivity index (χ2n) is 10.2. The molecule has 2 fully saturated rings. The molecule has 2 amide bonds. The van der Waals surface area contributed by atoms with Gasteiger partial charge in [0, 0.05) is 67.1 Å². The molecule has 3 aromatic rings. The van der Waals surface area contributed by atoms with E-state index in [0.29, 0.717) is 49.2 Å². The van der Waals surface area contributed by atoms with E-state index in [9.17, 15) is 9.59 Å². The van der Waals surface area contributed by atoms with Crippen LogP contribution in [0.4, 0.5) is 4.79 Å². The van der Waals surface area contributed by atoms with Gasteiger partial charge in [0.1, 0.15) is 24.2 Å². The summed E-state index contributed by atoms with van der Waals surface area (Å²) in [7, 11) is 0. The highest BCUT2D eigenvalue weighted by molar-refractivity contribution is 6.30. The van der Waals surface area contributed by atoms with E-state index in [1.807, 2.05) is 23.0 Å². The summed E-state index contributed by atoms with van der Waals surface area (Å²) in [5, 5.41) is 8.07. The van der Waals surface area contributed by atoms with Gasteiger partial charge in [-0.15, -0.1) is 0 Å². The number of amides is 2. The third-order valence-electron chi connectivity index (χ3n) is 6.94. The first kappa shape index (κ1) is 26.0. The van der Waals surface area contributed by atoms with Gasteiger partial charge in [0.25, 0.3) is 5.91 Å². The Morgan fingerprint density at radius 3 is 2.87 bits per heavy atom. The van der Waals surface area contributed by atoms with Gasteiger partial charge >= 0.3 is 6.09 Å². The minimum atomic E-state index is -0.298.